The van der Waals surface area contributed by atoms with E-state index in [1.54, 1.807) is 0 Å². The lowest BCUT2D eigenvalue weighted by Crippen LogP contribution is -2.18. The summed E-state index contributed by atoms with van der Waals surface area (Å²) < 4.78 is 0. The molecule has 1 aromatic rings. The molecule has 3 heteroatoms. The largest absolute Gasteiger partial charge is 0.369 e. The van der Waals surface area contributed by atoms with Gasteiger partial charge >= 0.3 is 0 Å². The standard InChI is InChI=1S/C12H15NOS/c1-8(12(13)14)9-2-4-10(5-3-9)15-11-6-7-11/h2-5,8,11H,6-7H2,1H3,(H2,13,14). The highest BCUT2D eigenvalue weighted by Gasteiger charge is 2.22. The fourth-order valence-corrected chi connectivity index (χ4v) is 2.43. The first-order chi connectivity index (χ1) is 7.16. The topological polar surface area (TPSA) is 43.1 Å². The number of carbonyl (C=O) groups is 1. The smallest absolute Gasteiger partial charge is 0.224 e. The number of nitrogens with two attached hydrogens (primary N) is 1. The summed E-state index contributed by atoms with van der Waals surface area (Å²) in [5, 5.41) is 0.824. The van der Waals surface area contributed by atoms with Crippen LogP contribution in [-0.2, 0) is 4.79 Å². The van der Waals surface area contributed by atoms with E-state index in [0.717, 1.165) is 10.8 Å². The van der Waals surface area contributed by atoms with Gasteiger partial charge in [-0.1, -0.05) is 12.1 Å². The highest BCUT2D eigenvalue weighted by atomic mass is 32.2. The highest BCUT2D eigenvalue weighted by molar-refractivity contribution is 8.00. The Kier molecular flexibility index (Phi) is 3.00. The molecule has 2 nitrogen and oxygen atoms in total. The lowest BCUT2D eigenvalue weighted by atomic mass is 10.0. The van der Waals surface area contributed by atoms with E-state index in [1.807, 2.05) is 30.8 Å². The third-order valence-corrected chi connectivity index (χ3v) is 3.98. The van der Waals surface area contributed by atoms with Crippen molar-refractivity contribution < 1.29 is 4.79 Å². The predicted molar refractivity (Wildman–Crippen MR) is 62.9 cm³/mol. The van der Waals surface area contributed by atoms with E-state index in [2.05, 4.69) is 12.1 Å². The predicted octanol–water partition coefficient (Wildman–Crippen LogP) is 2.53. The van der Waals surface area contributed by atoms with Crippen molar-refractivity contribution in [3.05, 3.63) is 29.8 Å². The van der Waals surface area contributed by atoms with Crippen molar-refractivity contribution in [1.82, 2.24) is 0 Å². The van der Waals surface area contributed by atoms with Crippen LogP contribution in [0.15, 0.2) is 29.2 Å². The molecule has 1 atom stereocenters. The summed E-state index contributed by atoms with van der Waals surface area (Å²) in [6, 6.07) is 8.16. The van der Waals surface area contributed by atoms with Crippen molar-refractivity contribution in [2.45, 2.75) is 35.8 Å². The van der Waals surface area contributed by atoms with Crippen molar-refractivity contribution in [3.8, 4) is 0 Å². The Morgan fingerprint density at radius 1 is 1.40 bits per heavy atom. The molecule has 1 fully saturated rings. The summed E-state index contributed by atoms with van der Waals surface area (Å²) in [4.78, 5) is 12.3. The number of hydrogen-bond donors (Lipinski definition) is 1. The molecule has 0 radical (unpaired) electrons. The van der Waals surface area contributed by atoms with Crippen LogP contribution in [0.3, 0.4) is 0 Å². The second kappa shape index (κ2) is 4.27. The van der Waals surface area contributed by atoms with Gasteiger partial charge in [0.05, 0.1) is 5.92 Å². The van der Waals surface area contributed by atoms with E-state index in [1.165, 1.54) is 17.7 Å². The zero-order chi connectivity index (χ0) is 10.8. The summed E-state index contributed by atoms with van der Waals surface area (Å²) in [6.07, 6.45) is 2.67. The first kappa shape index (κ1) is 10.6. The fraction of sp³-hybridized carbons (Fsp3) is 0.417. The molecule has 0 aliphatic heterocycles. The number of carbonyl (C=O) groups excluding carboxylic acids is 1. The molecule has 1 unspecified atom stereocenters. The molecule has 0 aromatic heterocycles. The Morgan fingerprint density at radius 2 is 2.00 bits per heavy atom. The molecule has 0 spiro atoms. The molecule has 0 saturated heterocycles. The summed E-state index contributed by atoms with van der Waals surface area (Å²) in [6.45, 7) is 1.84. The van der Waals surface area contributed by atoms with Crippen LogP contribution >= 0.6 is 11.8 Å². The second-order valence-corrected chi connectivity index (χ2v) is 5.38. The number of primary amides is 1. The monoisotopic (exact) mass is 221 g/mol. The van der Waals surface area contributed by atoms with Gasteiger partial charge in [-0.05, 0) is 37.5 Å². The highest BCUT2D eigenvalue weighted by Crippen LogP contribution is 2.39. The Balaban J connectivity index is 2.05. The molecule has 1 saturated carbocycles. The van der Waals surface area contributed by atoms with Gasteiger partial charge in [0, 0.05) is 10.1 Å². The molecule has 1 aliphatic rings. The maximum absolute atomic E-state index is 11.0. The Hall–Kier alpha value is -0.960. The Labute approximate surface area is 94.2 Å². The average Bonchev–Trinajstić information content (AvgIpc) is 3.02. The van der Waals surface area contributed by atoms with Crippen molar-refractivity contribution in [1.29, 1.82) is 0 Å². The Bertz CT molecular complexity index is 356. The summed E-state index contributed by atoms with van der Waals surface area (Å²) in [5.74, 6) is -0.456. The first-order valence-electron chi connectivity index (χ1n) is 5.23. The molecule has 0 heterocycles. The van der Waals surface area contributed by atoms with E-state index in [9.17, 15) is 4.79 Å². The molecule has 2 rings (SSSR count). The average molecular weight is 221 g/mol. The Morgan fingerprint density at radius 3 is 2.47 bits per heavy atom. The number of amides is 1. The van der Waals surface area contributed by atoms with Crippen LogP contribution in [0.1, 0.15) is 31.2 Å². The van der Waals surface area contributed by atoms with Crippen molar-refractivity contribution in [2.75, 3.05) is 0 Å². The van der Waals surface area contributed by atoms with Gasteiger partial charge in [-0.15, -0.1) is 11.8 Å². The maximum Gasteiger partial charge on any atom is 0.224 e. The van der Waals surface area contributed by atoms with Crippen LogP contribution in [0.2, 0.25) is 0 Å². The number of rotatable bonds is 4. The summed E-state index contributed by atoms with van der Waals surface area (Å²) in [7, 11) is 0. The minimum Gasteiger partial charge on any atom is -0.369 e. The normalized spacial score (nSPS) is 17.4. The molecule has 0 bridgehead atoms. The summed E-state index contributed by atoms with van der Waals surface area (Å²) >= 11 is 1.92. The number of thioether (sulfide) groups is 1. The molecule has 15 heavy (non-hydrogen) atoms. The minimum atomic E-state index is -0.266. The van der Waals surface area contributed by atoms with E-state index in [0.29, 0.717) is 0 Å². The third kappa shape index (κ3) is 2.75. The third-order valence-electron chi connectivity index (χ3n) is 2.63. The van der Waals surface area contributed by atoms with Gasteiger partial charge in [0.2, 0.25) is 5.91 Å². The quantitative estimate of drug-likeness (QED) is 0.849. The zero-order valence-electron chi connectivity index (χ0n) is 8.77. The van der Waals surface area contributed by atoms with Gasteiger partial charge in [-0.25, -0.2) is 0 Å². The summed E-state index contributed by atoms with van der Waals surface area (Å²) in [5.41, 5.74) is 6.26. The molecule has 1 amide bonds. The van der Waals surface area contributed by atoms with Crippen LogP contribution < -0.4 is 5.73 Å². The number of benzene rings is 1. The minimum absolute atomic E-state index is 0.190. The zero-order valence-corrected chi connectivity index (χ0v) is 9.59. The van der Waals surface area contributed by atoms with Crippen molar-refractivity contribution in [3.63, 3.8) is 0 Å². The maximum atomic E-state index is 11.0. The first-order valence-corrected chi connectivity index (χ1v) is 6.10. The van der Waals surface area contributed by atoms with Gasteiger partial charge in [0.15, 0.2) is 0 Å². The SMILES string of the molecule is CC(C(N)=O)c1ccc(SC2CC2)cc1. The van der Waals surface area contributed by atoms with Crippen LogP contribution in [0, 0.1) is 0 Å². The van der Waals surface area contributed by atoms with E-state index >= 15 is 0 Å². The molecule has 80 valence electrons. The number of hydrogen-bond acceptors (Lipinski definition) is 2. The molecule has 2 N–H and O–H groups in total. The molecule has 1 aliphatic carbocycles. The molecule has 1 aromatic carbocycles. The molecular formula is C12H15NOS. The lowest BCUT2D eigenvalue weighted by Gasteiger charge is -2.08. The van der Waals surface area contributed by atoms with E-state index < -0.39 is 0 Å². The fourth-order valence-electron chi connectivity index (χ4n) is 1.38. The second-order valence-electron chi connectivity index (χ2n) is 4.01. The van der Waals surface area contributed by atoms with Gasteiger partial charge in [0.1, 0.15) is 0 Å². The van der Waals surface area contributed by atoms with Crippen LogP contribution in [-0.4, -0.2) is 11.2 Å². The lowest BCUT2D eigenvalue weighted by molar-refractivity contribution is -0.119. The van der Waals surface area contributed by atoms with Crippen molar-refractivity contribution in [2.24, 2.45) is 5.73 Å². The van der Waals surface area contributed by atoms with Gasteiger partial charge in [-0.2, -0.15) is 0 Å². The van der Waals surface area contributed by atoms with Crippen LogP contribution in [0.5, 0.6) is 0 Å². The van der Waals surface area contributed by atoms with Gasteiger partial charge < -0.3 is 5.73 Å². The van der Waals surface area contributed by atoms with Gasteiger partial charge in [0.25, 0.3) is 0 Å². The van der Waals surface area contributed by atoms with E-state index in [4.69, 9.17) is 5.73 Å². The molecular weight excluding hydrogens is 206 g/mol. The van der Waals surface area contributed by atoms with Crippen molar-refractivity contribution >= 4 is 17.7 Å². The van der Waals surface area contributed by atoms with E-state index in [-0.39, 0.29) is 11.8 Å². The van der Waals surface area contributed by atoms with Crippen LogP contribution in [0.4, 0.5) is 0 Å². The van der Waals surface area contributed by atoms with Crippen LogP contribution in [0.25, 0.3) is 0 Å². The van der Waals surface area contributed by atoms with Gasteiger partial charge in [-0.3, -0.25) is 4.79 Å².